The lowest BCUT2D eigenvalue weighted by Gasteiger charge is -2.26. The highest BCUT2D eigenvalue weighted by Crippen LogP contribution is 2.24. The Hall–Kier alpha value is -2.04. The molecule has 20 heavy (non-hydrogen) atoms. The zero-order chi connectivity index (χ0) is 14.7. The van der Waals surface area contributed by atoms with Crippen molar-refractivity contribution < 1.29 is 14.7 Å². The van der Waals surface area contributed by atoms with Crippen molar-refractivity contribution in [3.63, 3.8) is 0 Å². The second kappa shape index (κ2) is 5.94. The molecule has 108 valence electrons. The van der Waals surface area contributed by atoms with E-state index in [0.29, 0.717) is 5.56 Å². The van der Waals surface area contributed by atoms with Gasteiger partial charge in [0.1, 0.15) is 0 Å². The number of nitrogens with zero attached hydrogens (tertiary/aromatic N) is 1. The minimum Gasteiger partial charge on any atom is -0.481 e. The standard InChI is InChI=1S/C15H20N2O3/c1-10(2)17(8-6-14(18)19)15(20)12-4-3-11-5-7-16-13(11)9-12/h3-4,9-10,16H,5-8H2,1-2H3,(H,18,19). The first-order valence-electron chi connectivity index (χ1n) is 6.88. The monoisotopic (exact) mass is 276 g/mol. The lowest BCUT2D eigenvalue weighted by Crippen LogP contribution is -2.38. The van der Waals surface area contributed by atoms with Crippen LogP contribution in [0, 0.1) is 0 Å². The molecule has 1 amide bonds. The summed E-state index contributed by atoms with van der Waals surface area (Å²) < 4.78 is 0. The topological polar surface area (TPSA) is 69.6 Å². The summed E-state index contributed by atoms with van der Waals surface area (Å²) in [5.41, 5.74) is 2.85. The molecular weight excluding hydrogens is 256 g/mol. The van der Waals surface area contributed by atoms with Crippen molar-refractivity contribution in [3.05, 3.63) is 29.3 Å². The smallest absolute Gasteiger partial charge is 0.305 e. The average molecular weight is 276 g/mol. The Kier molecular flexibility index (Phi) is 4.27. The van der Waals surface area contributed by atoms with E-state index in [2.05, 4.69) is 5.32 Å². The number of hydrogen-bond acceptors (Lipinski definition) is 3. The molecule has 5 heteroatoms. The number of nitrogens with one attached hydrogen (secondary N) is 1. The summed E-state index contributed by atoms with van der Waals surface area (Å²) in [5.74, 6) is -1.00. The predicted molar refractivity (Wildman–Crippen MR) is 77.1 cm³/mol. The fourth-order valence-electron chi connectivity index (χ4n) is 2.40. The molecule has 1 aliphatic heterocycles. The van der Waals surface area contributed by atoms with Gasteiger partial charge in [-0.1, -0.05) is 6.07 Å². The highest BCUT2D eigenvalue weighted by molar-refractivity contribution is 5.95. The number of anilines is 1. The zero-order valence-corrected chi connectivity index (χ0v) is 11.8. The van der Waals surface area contributed by atoms with Gasteiger partial charge in [0.05, 0.1) is 6.42 Å². The molecule has 0 unspecified atom stereocenters. The van der Waals surface area contributed by atoms with Gasteiger partial charge in [-0.25, -0.2) is 0 Å². The maximum absolute atomic E-state index is 12.5. The van der Waals surface area contributed by atoms with E-state index in [1.54, 1.807) is 4.90 Å². The van der Waals surface area contributed by atoms with Gasteiger partial charge < -0.3 is 15.3 Å². The molecule has 0 bridgehead atoms. The van der Waals surface area contributed by atoms with Crippen molar-refractivity contribution in [2.75, 3.05) is 18.4 Å². The zero-order valence-electron chi connectivity index (χ0n) is 11.8. The van der Waals surface area contributed by atoms with Crippen LogP contribution < -0.4 is 5.32 Å². The summed E-state index contributed by atoms with van der Waals surface area (Å²) >= 11 is 0. The summed E-state index contributed by atoms with van der Waals surface area (Å²) in [7, 11) is 0. The van der Waals surface area contributed by atoms with E-state index in [1.165, 1.54) is 5.56 Å². The second-order valence-corrected chi connectivity index (χ2v) is 5.28. The van der Waals surface area contributed by atoms with Crippen LogP contribution in [0.2, 0.25) is 0 Å². The lowest BCUT2D eigenvalue weighted by molar-refractivity contribution is -0.137. The fourth-order valence-corrected chi connectivity index (χ4v) is 2.40. The average Bonchev–Trinajstić information content (AvgIpc) is 2.84. The molecule has 0 aliphatic carbocycles. The third-order valence-electron chi connectivity index (χ3n) is 3.52. The number of aliphatic carboxylic acids is 1. The number of benzene rings is 1. The van der Waals surface area contributed by atoms with Crippen LogP contribution >= 0.6 is 0 Å². The first kappa shape index (κ1) is 14.4. The Morgan fingerprint density at radius 2 is 2.15 bits per heavy atom. The molecule has 0 atom stereocenters. The quantitative estimate of drug-likeness (QED) is 0.862. The first-order valence-corrected chi connectivity index (χ1v) is 6.88. The lowest BCUT2D eigenvalue weighted by atomic mass is 10.1. The van der Waals surface area contributed by atoms with Gasteiger partial charge in [-0.05, 0) is 38.0 Å². The predicted octanol–water partition coefficient (Wildman–Crippen LogP) is 1.98. The number of carboxylic acid groups (broad SMARTS) is 1. The Balaban J connectivity index is 2.16. The van der Waals surface area contributed by atoms with E-state index in [-0.39, 0.29) is 24.9 Å². The number of amides is 1. The maximum atomic E-state index is 12.5. The third-order valence-corrected chi connectivity index (χ3v) is 3.52. The Morgan fingerprint density at radius 1 is 1.40 bits per heavy atom. The van der Waals surface area contributed by atoms with Gasteiger partial charge >= 0.3 is 5.97 Å². The summed E-state index contributed by atoms with van der Waals surface area (Å²) in [6.07, 6.45) is 0.948. The maximum Gasteiger partial charge on any atom is 0.305 e. The molecule has 0 saturated heterocycles. The van der Waals surface area contributed by atoms with Gasteiger partial charge in [-0.15, -0.1) is 0 Å². The van der Waals surface area contributed by atoms with Crippen molar-refractivity contribution in [3.8, 4) is 0 Å². The van der Waals surface area contributed by atoms with Crippen LogP contribution in [0.25, 0.3) is 0 Å². The van der Waals surface area contributed by atoms with Crippen LogP contribution in [0.1, 0.15) is 36.2 Å². The molecule has 0 fully saturated rings. The normalized spacial score (nSPS) is 12.9. The number of carbonyl (C=O) groups is 2. The number of rotatable bonds is 5. The van der Waals surface area contributed by atoms with Crippen molar-refractivity contribution in [2.45, 2.75) is 32.7 Å². The number of carbonyl (C=O) groups excluding carboxylic acids is 1. The molecule has 2 N–H and O–H groups in total. The Labute approximate surface area is 118 Å². The van der Waals surface area contributed by atoms with Crippen LogP contribution in [0.15, 0.2) is 18.2 Å². The van der Waals surface area contributed by atoms with Crippen LogP contribution in [0.5, 0.6) is 0 Å². The van der Waals surface area contributed by atoms with Gasteiger partial charge in [0.15, 0.2) is 0 Å². The molecule has 0 radical (unpaired) electrons. The minimum absolute atomic E-state index is 0.0249. The van der Waals surface area contributed by atoms with E-state index in [1.807, 2.05) is 32.0 Å². The highest BCUT2D eigenvalue weighted by atomic mass is 16.4. The molecule has 0 saturated carbocycles. The molecule has 5 nitrogen and oxygen atoms in total. The van der Waals surface area contributed by atoms with Crippen molar-refractivity contribution in [1.29, 1.82) is 0 Å². The second-order valence-electron chi connectivity index (χ2n) is 5.28. The van der Waals surface area contributed by atoms with Crippen LogP contribution in [-0.4, -0.2) is 41.0 Å². The molecular formula is C15H20N2O3. The summed E-state index contributed by atoms with van der Waals surface area (Å²) in [6.45, 7) is 4.92. The fraction of sp³-hybridized carbons (Fsp3) is 0.467. The SMILES string of the molecule is CC(C)N(CCC(=O)O)C(=O)c1ccc2c(c1)NCC2. The van der Waals surface area contributed by atoms with Gasteiger partial charge in [0.2, 0.25) is 0 Å². The van der Waals surface area contributed by atoms with Crippen molar-refractivity contribution >= 4 is 17.6 Å². The molecule has 2 rings (SSSR count). The molecule has 1 heterocycles. The molecule has 1 aliphatic rings. The molecule has 1 aromatic rings. The van der Waals surface area contributed by atoms with Gasteiger partial charge in [0, 0.05) is 30.4 Å². The number of carboxylic acids is 1. The van der Waals surface area contributed by atoms with Crippen molar-refractivity contribution in [2.24, 2.45) is 0 Å². The van der Waals surface area contributed by atoms with E-state index in [0.717, 1.165) is 18.7 Å². The van der Waals surface area contributed by atoms with Crippen LogP contribution in [-0.2, 0) is 11.2 Å². The van der Waals surface area contributed by atoms with Crippen LogP contribution in [0.3, 0.4) is 0 Å². The van der Waals surface area contributed by atoms with Gasteiger partial charge in [0.25, 0.3) is 5.91 Å². The highest BCUT2D eigenvalue weighted by Gasteiger charge is 2.21. The van der Waals surface area contributed by atoms with E-state index >= 15 is 0 Å². The third kappa shape index (κ3) is 3.10. The number of hydrogen-bond donors (Lipinski definition) is 2. The van der Waals surface area contributed by atoms with Crippen LogP contribution in [0.4, 0.5) is 5.69 Å². The molecule has 0 spiro atoms. The minimum atomic E-state index is -0.890. The van der Waals surface area contributed by atoms with E-state index in [4.69, 9.17) is 5.11 Å². The molecule has 1 aromatic carbocycles. The van der Waals surface area contributed by atoms with Gasteiger partial charge in [-0.3, -0.25) is 9.59 Å². The summed E-state index contributed by atoms with van der Waals surface area (Å²) in [4.78, 5) is 24.8. The first-order chi connectivity index (χ1) is 9.49. The van der Waals surface area contributed by atoms with E-state index in [9.17, 15) is 9.59 Å². The summed E-state index contributed by atoms with van der Waals surface area (Å²) in [6, 6.07) is 5.63. The summed E-state index contributed by atoms with van der Waals surface area (Å²) in [5, 5.41) is 12.0. The number of fused-ring (bicyclic) bond motifs is 1. The van der Waals surface area contributed by atoms with Crippen molar-refractivity contribution in [1.82, 2.24) is 4.90 Å². The largest absolute Gasteiger partial charge is 0.481 e. The Bertz CT molecular complexity index is 526. The Morgan fingerprint density at radius 3 is 2.80 bits per heavy atom. The van der Waals surface area contributed by atoms with E-state index < -0.39 is 5.97 Å². The molecule has 0 aromatic heterocycles. The van der Waals surface area contributed by atoms with Gasteiger partial charge in [-0.2, -0.15) is 0 Å².